The van der Waals surface area contributed by atoms with Crippen LogP contribution >= 0.6 is 0 Å². The Morgan fingerprint density at radius 2 is 2.00 bits per heavy atom. The SMILES string of the molecule is C=C.CC.CCC(C(N)=O)N1CCCC1=O. The Morgan fingerprint density at radius 3 is 2.25 bits per heavy atom. The first-order chi connectivity index (χ1) is 7.66. The Labute approximate surface area is 98.5 Å². The molecule has 0 aromatic carbocycles. The minimum absolute atomic E-state index is 0.0562. The van der Waals surface area contributed by atoms with Gasteiger partial charge in [0.2, 0.25) is 11.8 Å². The van der Waals surface area contributed by atoms with Crippen molar-refractivity contribution in [2.45, 2.75) is 46.1 Å². The van der Waals surface area contributed by atoms with Gasteiger partial charge in [-0.05, 0) is 12.8 Å². The molecule has 16 heavy (non-hydrogen) atoms. The molecule has 4 heteroatoms. The Balaban J connectivity index is 0. The Kier molecular flexibility index (Phi) is 10.9. The zero-order chi connectivity index (χ0) is 13.1. The molecule has 1 atom stereocenters. The summed E-state index contributed by atoms with van der Waals surface area (Å²) < 4.78 is 0. The van der Waals surface area contributed by atoms with E-state index in [9.17, 15) is 9.59 Å². The summed E-state index contributed by atoms with van der Waals surface area (Å²) in [5.41, 5.74) is 5.16. The molecule has 1 heterocycles. The highest BCUT2D eigenvalue weighted by Crippen LogP contribution is 2.15. The van der Waals surface area contributed by atoms with Gasteiger partial charge in [-0.1, -0.05) is 20.8 Å². The van der Waals surface area contributed by atoms with E-state index in [-0.39, 0.29) is 11.9 Å². The van der Waals surface area contributed by atoms with Crippen LogP contribution < -0.4 is 5.73 Å². The van der Waals surface area contributed by atoms with Crippen LogP contribution in [0.4, 0.5) is 0 Å². The average Bonchev–Trinajstić information content (AvgIpc) is 2.71. The van der Waals surface area contributed by atoms with Crippen molar-refractivity contribution in [3.8, 4) is 0 Å². The highest BCUT2D eigenvalue weighted by molar-refractivity contribution is 5.87. The average molecular weight is 228 g/mol. The smallest absolute Gasteiger partial charge is 0.240 e. The lowest BCUT2D eigenvalue weighted by atomic mass is 10.2. The maximum Gasteiger partial charge on any atom is 0.240 e. The molecule has 0 aromatic heterocycles. The van der Waals surface area contributed by atoms with Crippen LogP contribution in [0.15, 0.2) is 13.2 Å². The van der Waals surface area contributed by atoms with E-state index in [4.69, 9.17) is 5.73 Å². The quantitative estimate of drug-likeness (QED) is 0.747. The highest BCUT2D eigenvalue weighted by Gasteiger charge is 2.29. The summed E-state index contributed by atoms with van der Waals surface area (Å²) in [4.78, 5) is 23.7. The minimum atomic E-state index is -0.396. The molecule has 1 rings (SSSR count). The molecule has 0 spiro atoms. The maximum atomic E-state index is 11.2. The van der Waals surface area contributed by atoms with Gasteiger partial charge in [0, 0.05) is 13.0 Å². The molecule has 1 aliphatic rings. The first kappa shape index (κ1) is 17.1. The maximum absolute atomic E-state index is 11.2. The molecule has 2 N–H and O–H groups in total. The molecule has 0 aromatic rings. The van der Waals surface area contributed by atoms with Gasteiger partial charge in [0.05, 0.1) is 0 Å². The van der Waals surface area contributed by atoms with Crippen LogP contribution in [0.1, 0.15) is 40.0 Å². The number of amides is 2. The van der Waals surface area contributed by atoms with Gasteiger partial charge in [0.15, 0.2) is 0 Å². The summed E-state index contributed by atoms with van der Waals surface area (Å²) in [6.45, 7) is 12.5. The summed E-state index contributed by atoms with van der Waals surface area (Å²) in [5.74, 6) is -0.339. The van der Waals surface area contributed by atoms with Crippen molar-refractivity contribution < 1.29 is 9.59 Å². The minimum Gasteiger partial charge on any atom is -0.368 e. The summed E-state index contributed by atoms with van der Waals surface area (Å²) >= 11 is 0. The summed E-state index contributed by atoms with van der Waals surface area (Å²) in [6, 6.07) is -0.389. The predicted octanol–water partition coefficient (Wildman–Crippen LogP) is 1.70. The van der Waals surface area contributed by atoms with Crippen molar-refractivity contribution >= 4 is 11.8 Å². The zero-order valence-electron chi connectivity index (χ0n) is 10.7. The molecule has 0 saturated carbocycles. The van der Waals surface area contributed by atoms with E-state index in [1.165, 1.54) is 0 Å². The Bertz CT molecular complexity index is 217. The molecule has 0 aliphatic carbocycles. The van der Waals surface area contributed by atoms with E-state index in [2.05, 4.69) is 13.2 Å². The van der Waals surface area contributed by atoms with Crippen molar-refractivity contribution in [3.05, 3.63) is 13.2 Å². The van der Waals surface area contributed by atoms with Crippen LogP contribution in [0.25, 0.3) is 0 Å². The monoisotopic (exact) mass is 228 g/mol. The van der Waals surface area contributed by atoms with Crippen LogP contribution in [-0.4, -0.2) is 29.3 Å². The number of nitrogens with zero attached hydrogens (tertiary/aromatic N) is 1. The second-order valence-corrected chi connectivity index (χ2v) is 3.02. The van der Waals surface area contributed by atoms with Gasteiger partial charge < -0.3 is 10.6 Å². The third-order valence-electron chi connectivity index (χ3n) is 2.20. The van der Waals surface area contributed by atoms with Gasteiger partial charge in [-0.2, -0.15) is 0 Å². The summed E-state index contributed by atoms with van der Waals surface area (Å²) in [7, 11) is 0. The van der Waals surface area contributed by atoms with Gasteiger partial charge in [-0.15, -0.1) is 13.2 Å². The Hall–Kier alpha value is -1.32. The molecule has 1 unspecified atom stereocenters. The van der Waals surface area contributed by atoms with Crippen molar-refractivity contribution in [3.63, 3.8) is 0 Å². The predicted molar refractivity (Wildman–Crippen MR) is 66.8 cm³/mol. The van der Waals surface area contributed by atoms with Crippen molar-refractivity contribution in [2.75, 3.05) is 6.54 Å². The third kappa shape index (κ3) is 4.96. The molecule has 0 bridgehead atoms. The molecular formula is C12H24N2O2. The van der Waals surface area contributed by atoms with Crippen LogP contribution in [0.3, 0.4) is 0 Å². The third-order valence-corrected chi connectivity index (χ3v) is 2.20. The van der Waals surface area contributed by atoms with Gasteiger partial charge in [0.1, 0.15) is 6.04 Å². The van der Waals surface area contributed by atoms with E-state index in [0.717, 1.165) is 6.42 Å². The fraction of sp³-hybridized carbons (Fsp3) is 0.667. The Morgan fingerprint density at radius 1 is 1.50 bits per heavy atom. The van der Waals surface area contributed by atoms with Crippen LogP contribution in [0, 0.1) is 0 Å². The molecule has 4 nitrogen and oxygen atoms in total. The van der Waals surface area contributed by atoms with E-state index >= 15 is 0 Å². The van der Waals surface area contributed by atoms with Crippen molar-refractivity contribution in [1.82, 2.24) is 4.90 Å². The number of rotatable bonds is 3. The van der Waals surface area contributed by atoms with Gasteiger partial charge in [0.25, 0.3) is 0 Å². The standard InChI is InChI=1S/C8H14N2O2.C2H6.C2H4/c1-2-6(8(9)12)10-5-3-4-7(10)11;2*1-2/h6H,2-5H2,1H3,(H2,9,12);1-2H3;1-2H2. The van der Waals surface area contributed by atoms with E-state index in [1.807, 2.05) is 20.8 Å². The highest BCUT2D eigenvalue weighted by atomic mass is 16.2. The van der Waals surface area contributed by atoms with Crippen LogP contribution in [0.5, 0.6) is 0 Å². The van der Waals surface area contributed by atoms with E-state index in [0.29, 0.717) is 19.4 Å². The van der Waals surface area contributed by atoms with Crippen LogP contribution in [-0.2, 0) is 9.59 Å². The number of nitrogens with two attached hydrogens (primary N) is 1. The lowest BCUT2D eigenvalue weighted by Crippen LogP contribution is -2.44. The first-order valence-electron chi connectivity index (χ1n) is 5.75. The second kappa shape index (κ2) is 10.2. The molecule has 1 saturated heterocycles. The molecule has 2 amide bonds. The fourth-order valence-corrected chi connectivity index (χ4v) is 1.57. The van der Waals surface area contributed by atoms with E-state index in [1.54, 1.807) is 4.90 Å². The number of primary amides is 1. The van der Waals surface area contributed by atoms with Crippen LogP contribution in [0.2, 0.25) is 0 Å². The van der Waals surface area contributed by atoms with Gasteiger partial charge in [-0.25, -0.2) is 0 Å². The molecule has 0 radical (unpaired) electrons. The zero-order valence-corrected chi connectivity index (χ0v) is 10.7. The summed E-state index contributed by atoms with van der Waals surface area (Å²) in [6.07, 6.45) is 2.02. The normalized spacial score (nSPS) is 15.4. The molecule has 94 valence electrons. The number of carbonyl (C=O) groups excluding carboxylic acids is 2. The lowest BCUT2D eigenvalue weighted by Gasteiger charge is -2.23. The first-order valence-corrected chi connectivity index (χ1v) is 5.75. The fourth-order valence-electron chi connectivity index (χ4n) is 1.57. The largest absolute Gasteiger partial charge is 0.368 e. The number of likely N-dealkylation sites (tertiary alicyclic amines) is 1. The second-order valence-electron chi connectivity index (χ2n) is 3.02. The molecule has 1 aliphatic heterocycles. The number of hydrogen-bond donors (Lipinski definition) is 1. The summed E-state index contributed by atoms with van der Waals surface area (Å²) in [5, 5.41) is 0. The van der Waals surface area contributed by atoms with Crippen molar-refractivity contribution in [1.29, 1.82) is 0 Å². The molecule has 1 fully saturated rings. The number of carbonyl (C=O) groups is 2. The topological polar surface area (TPSA) is 63.4 Å². The lowest BCUT2D eigenvalue weighted by molar-refractivity contribution is -0.136. The van der Waals surface area contributed by atoms with Gasteiger partial charge in [-0.3, -0.25) is 9.59 Å². The van der Waals surface area contributed by atoms with E-state index < -0.39 is 5.91 Å². The number of hydrogen-bond acceptors (Lipinski definition) is 2. The molecular weight excluding hydrogens is 204 g/mol. The van der Waals surface area contributed by atoms with Crippen molar-refractivity contribution in [2.24, 2.45) is 5.73 Å². The van der Waals surface area contributed by atoms with Gasteiger partial charge >= 0.3 is 0 Å².